The molecular weight excluding hydrogens is 320 g/mol. The number of rotatable bonds is 3. The number of pyridine rings is 1. The third kappa shape index (κ3) is 2.68. The van der Waals surface area contributed by atoms with Gasteiger partial charge in [-0.05, 0) is 35.7 Å². The molecule has 118 valence electrons. The Bertz CT molecular complexity index is 1020. The van der Waals surface area contributed by atoms with Crippen LogP contribution in [0.5, 0.6) is 0 Å². The monoisotopic (exact) mass is 334 g/mol. The number of thiazole rings is 1. The fourth-order valence-electron chi connectivity index (χ4n) is 2.54. The Kier molecular flexibility index (Phi) is 3.59. The Labute approximate surface area is 142 Å². The first-order chi connectivity index (χ1) is 11.7. The van der Waals surface area contributed by atoms with Gasteiger partial charge in [-0.1, -0.05) is 12.1 Å². The van der Waals surface area contributed by atoms with Gasteiger partial charge in [0.15, 0.2) is 5.13 Å². The van der Waals surface area contributed by atoms with Crippen molar-refractivity contribution in [3.8, 4) is 11.4 Å². The summed E-state index contributed by atoms with van der Waals surface area (Å²) in [7, 11) is 1.96. The van der Waals surface area contributed by atoms with Crippen molar-refractivity contribution >= 4 is 33.3 Å². The largest absolute Gasteiger partial charge is 0.351 e. The van der Waals surface area contributed by atoms with E-state index >= 15 is 0 Å². The topological polar surface area (TPSA) is 59.8 Å². The van der Waals surface area contributed by atoms with Crippen molar-refractivity contribution in [2.45, 2.75) is 0 Å². The van der Waals surface area contributed by atoms with Gasteiger partial charge in [0.1, 0.15) is 5.69 Å². The van der Waals surface area contributed by atoms with Gasteiger partial charge in [-0.25, -0.2) is 4.98 Å². The molecule has 4 aromatic rings. The van der Waals surface area contributed by atoms with Crippen molar-refractivity contribution < 1.29 is 4.79 Å². The maximum absolute atomic E-state index is 12.5. The molecule has 0 radical (unpaired) electrons. The number of fused-ring (bicyclic) bond motifs is 1. The summed E-state index contributed by atoms with van der Waals surface area (Å²) in [6.07, 6.45) is 3.70. The van der Waals surface area contributed by atoms with E-state index in [1.165, 1.54) is 11.3 Å². The maximum atomic E-state index is 12.5. The number of amides is 1. The molecule has 3 heterocycles. The number of hydrogen-bond donors (Lipinski definition) is 1. The van der Waals surface area contributed by atoms with E-state index < -0.39 is 0 Å². The zero-order valence-corrected chi connectivity index (χ0v) is 13.7. The molecular formula is C18H14N4OS. The van der Waals surface area contributed by atoms with Crippen LogP contribution in [0, 0.1) is 0 Å². The molecule has 1 aromatic carbocycles. The zero-order chi connectivity index (χ0) is 16.5. The van der Waals surface area contributed by atoms with Crippen LogP contribution < -0.4 is 5.32 Å². The minimum Gasteiger partial charge on any atom is -0.351 e. The van der Waals surface area contributed by atoms with Crippen molar-refractivity contribution in [2.75, 3.05) is 5.32 Å². The molecule has 5 nitrogen and oxygen atoms in total. The van der Waals surface area contributed by atoms with Gasteiger partial charge < -0.3 is 4.57 Å². The van der Waals surface area contributed by atoms with Crippen molar-refractivity contribution in [3.05, 3.63) is 65.8 Å². The summed E-state index contributed by atoms with van der Waals surface area (Å²) in [5.74, 6) is -0.167. The predicted molar refractivity (Wildman–Crippen MR) is 96.2 cm³/mol. The quantitative estimate of drug-likeness (QED) is 0.617. The summed E-state index contributed by atoms with van der Waals surface area (Å²) >= 11 is 1.39. The van der Waals surface area contributed by atoms with Crippen LogP contribution in [0.2, 0.25) is 0 Å². The molecule has 0 spiro atoms. The summed E-state index contributed by atoms with van der Waals surface area (Å²) < 4.78 is 1.99. The number of aryl methyl sites for hydroxylation is 1. The summed E-state index contributed by atoms with van der Waals surface area (Å²) in [6, 6.07) is 13.3. The number of anilines is 1. The van der Waals surface area contributed by atoms with E-state index in [2.05, 4.69) is 15.3 Å². The molecule has 0 bridgehead atoms. The molecule has 0 aliphatic rings. The minimum atomic E-state index is -0.167. The standard InChI is InChI=1S/C18H14N4OS/c1-22-9-7-12-5-6-13(10-16(12)22)17(23)21-18-20-15(11-24-18)14-4-2-3-8-19-14/h2-11H,1H3,(H,20,21,23). The Hall–Kier alpha value is -2.99. The number of carbonyl (C=O) groups is 1. The highest BCUT2D eigenvalue weighted by Gasteiger charge is 2.11. The average Bonchev–Trinajstić information content (AvgIpc) is 3.23. The lowest BCUT2D eigenvalue weighted by Crippen LogP contribution is -2.11. The van der Waals surface area contributed by atoms with Gasteiger partial charge in [-0.2, -0.15) is 0 Å². The highest BCUT2D eigenvalue weighted by molar-refractivity contribution is 7.14. The first kappa shape index (κ1) is 14.6. The molecule has 4 rings (SSSR count). The molecule has 1 amide bonds. The molecule has 3 aromatic heterocycles. The number of aromatic nitrogens is 3. The van der Waals surface area contributed by atoms with Gasteiger partial charge in [-0.15, -0.1) is 11.3 Å². The third-order valence-electron chi connectivity index (χ3n) is 3.80. The Morgan fingerprint density at radius 3 is 2.92 bits per heavy atom. The van der Waals surface area contributed by atoms with Crippen LogP contribution >= 0.6 is 11.3 Å². The van der Waals surface area contributed by atoms with Crippen LogP contribution in [-0.4, -0.2) is 20.4 Å². The van der Waals surface area contributed by atoms with E-state index in [0.29, 0.717) is 10.7 Å². The van der Waals surface area contributed by atoms with Crippen LogP contribution in [0.1, 0.15) is 10.4 Å². The normalized spacial score (nSPS) is 10.9. The molecule has 0 fully saturated rings. The molecule has 6 heteroatoms. The van der Waals surface area contributed by atoms with E-state index in [4.69, 9.17) is 0 Å². The van der Waals surface area contributed by atoms with Crippen molar-refractivity contribution in [1.82, 2.24) is 14.5 Å². The minimum absolute atomic E-state index is 0.167. The van der Waals surface area contributed by atoms with Crippen molar-refractivity contribution in [3.63, 3.8) is 0 Å². The summed E-state index contributed by atoms with van der Waals surface area (Å²) in [5.41, 5.74) is 3.18. The van der Waals surface area contributed by atoms with Gasteiger partial charge in [0.05, 0.1) is 5.69 Å². The van der Waals surface area contributed by atoms with Gasteiger partial charge in [0.25, 0.3) is 5.91 Å². The van der Waals surface area contributed by atoms with E-state index in [-0.39, 0.29) is 5.91 Å². The number of nitrogens with zero attached hydrogens (tertiary/aromatic N) is 3. The second kappa shape index (κ2) is 5.90. The van der Waals surface area contributed by atoms with Gasteiger partial charge in [-0.3, -0.25) is 15.1 Å². The van der Waals surface area contributed by atoms with Gasteiger partial charge in [0, 0.05) is 35.9 Å². The van der Waals surface area contributed by atoms with Crippen molar-refractivity contribution in [2.24, 2.45) is 7.05 Å². The molecule has 1 N–H and O–H groups in total. The zero-order valence-electron chi connectivity index (χ0n) is 12.9. The van der Waals surface area contributed by atoms with E-state index in [0.717, 1.165) is 22.3 Å². The lowest BCUT2D eigenvalue weighted by atomic mass is 10.1. The highest BCUT2D eigenvalue weighted by Crippen LogP contribution is 2.24. The van der Waals surface area contributed by atoms with Crippen LogP contribution in [0.25, 0.3) is 22.3 Å². The van der Waals surface area contributed by atoms with Crippen LogP contribution in [-0.2, 0) is 7.05 Å². The first-order valence-corrected chi connectivity index (χ1v) is 8.32. The number of nitrogens with one attached hydrogen (secondary N) is 1. The molecule has 0 unspecified atom stereocenters. The summed E-state index contributed by atoms with van der Waals surface area (Å²) in [5, 5.41) is 6.42. The SMILES string of the molecule is Cn1ccc2ccc(C(=O)Nc3nc(-c4ccccn4)cs3)cc21. The number of hydrogen-bond acceptors (Lipinski definition) is 4. The Morgan fingerprint density at radius 1 is 1.17 bits per heavy atom. The smallest absolute Gasteiger partial charge is 0.257 e. The van der Waals surface area contributed by atoms with E-state index in [1.54, 1.807) is 6.20 Å². The average molecular weight is 334 g/mol. The van der Waals surface area contributed by atoms with Gasteiger partial charge >= 0.3 is 0 Å². The molecule has 0 aliphatic heterocycles. The van der Waals surface area contributed by atoms with E-state index in [9.17, 15) is 4.79 Å². The summed E-state index contributed by atoms with van der Waals surface area (Å²) in [4.78, 5) is 21.2. The lowest BCUT2D eigenvalue weighted by Gasteiger charge is -2.03. The number of benzene rings is 1. The van der Waals surface area contributed by atoms with Crippen molar-refractivity contribution in [1.29, 1.82) is 0 Å². The fourth-order valence-corrected chi connectivity index (χ4v) is 3.24. The third-order valence-corrected chi connectivity index (χ3v) is 4.56. The molecule has 0 saturated carbocycles. The first-order valence-electron chi connectivity index (χ1n) is 7.44. The predicted octanol–water partition coefficient (Wildman–Crippen LogP) is 3.95. The van der Waals surface area contributed by atoms with Crippen LogP contribution in [0.3, 0.4) is 0 Å². The Balaban J connectivity index is 1.57. The molecule has 0 atom stereocenters. The number of carbonyl (C=O) groups excluding carboxylic acids is 1. The molecule has 0 aliphatic carbocycles. The fraction of sp³-hybridized carbons (Fsp3) is 0.0556. The Morgan fingerprint density at radius 2 is 2.08 bits per heavy atom. The van der Waals surface area contributed by atoms with Gasteiger partial charge in [0.2, 0.25) is 0 Å². The summed E-state index contributed by atoms with van der Waals surface area (Å²) in [6.45, 7) is 0. The van der Waals surface area contributed by atoms with Crippen LogP contribution in [0.4, 0.5) is 5.13 Å². The molecule has 24 heavy (non-hydrogen) atoms. The van der Waals surface area contributed by atoms with E-state index in [1.807, 2.05) is 65.7 Å². The van der Waals surface area contributed by atoms with Crippen LogP contribution in [0.15, 0.2) is 60.2 Å². The lowest BCUT2D eigenvalue weighted by molar-refractivity contribution is 0.102. The molecule has 0 saturated heterocycles. The second-order valence-corrected chi connectivity index (χ2v) is 6.27. The maximum Gasteiger partial charge on any atom is 0.257 e. The highest BCUT2D eigenvalue weighted by atomic mass is 32.1. The second-order valence-electron chi connectivity index (χ2n) is 5.41.